The highest BCUT2D eigenvalue weighted by Crippen LogP contribution is 2.37. The smallest absolute Gasteiger partial charge is 0.0754 e. The van der Waals surface area contributed by atoms with Crippen LogP contribution in [-0.4, -0.2) is 26.3 Å². The zero-order chi connectivity index (χ0) is 10.6. The lowest BCUT2D eigenvalue weighted by molar-refractivity contribution is 0.0322. The zero-order valence-corrected chi connectivity index (χ0v) is 10.0. The van der Waals surface area contributed by atoms with Crippen LogP contribution < -0.4 is 5.32 Å². The van der Waals surface area contributed by atoms with Crippen LogP contribution in [0.1, 0.15) is 39.5 Å². The second-order valence-electron chi connectivity index (χ2n) is 4.43. The quantitative estimate of drug-likeness (QED) is 0.680. The lowest BCUT2D eigenvalue weighted by Crippen LogP contribution is -2.45. The molecule has 2 unspecified atom stereocenters. The lowest BCUT2D eigenvalue weighted by atomic mass is 9.88. The van der Waals surface area contributed by atoms with E-state index >= 15 is 0 Å². The highest BCUT2D eigenvalue weighted by atomic mass is 16.5. The number of hydrogen-bond acceptors (Lipinski definition) is 2. The van der Waals surface area contributed by atoms with Crippen LogP contribution >= 0.6 is 0 Å². The van der Waals surface area contributed by atoms with E-state index in [9.17, 15) is 0 Å². The molecule has 84 valence electrons. The molecule has 0 radical (unpaired) electrons. The van der Waals surface area contributed by atoms with Crippen LogP contribution in [0.4, 0.5) is 0 Å². The first kappa shape index (κ1) is 12.0. The third-order valence-corrected chi connectivity index (χ3v) is 3.60. The molecule has 0 bridgehead atoms. The number of likely N-dealkylation sites (N-methyl/N-ethyl adjacent to an activating group) is 1. The Kier molecular flexibility index (Phi) is 4.90. The average molecular weight is 199 g/mol. The van der Waals surface area contributed by atoms with Crippen molar-refractivity contribution in [2.45, 2.75) is 51.7 Å². The van der Waals surface area contributed by atoms with Crippen LogP contribution in [0.2, 0.25) is 0 Å². The summed E-state index contributed by atoms with van der Waals surface area (Å²) in [5.41, 5.74) is 0. The third-order valence-electron chi connectivity index (χ3n) is 3.60. The van der Waals surface area contributed by atoms with Crippen LogP contribution in [0.25, 0.3) is 0 Å². The number of ether oxygens (including phenoxy) is 1. The van der Waals surface area contributed by atoms with E-state index in [0.717, 1.165) is 11.8 Å². The number of rotatable bonds is 7. The summed E-state index contributed by atoms with van der Waals surface area (Å²) in [5.74, 6) is 1.57. The van der Waals surface area contributed by atoms with Crippen molar-refractivity contribution in [2.75, 3.05) is 14.2 Å². The average Bonchev–Trinajstić information content (AvgIpc) is 3.02. The summed E-state index contributed by atoms with van der Waals surface area (Å²) in [6, 6.07) is 0.544. The maximum absolute atomic E-state index is 5.65. The van der Waals surface area contributed by atoms with E-state index in [0.29, 0.717) is 12.1 Å². The minimum atomic E-state index is 0.435. The van der Waals surface area contributed by atoms with Crippen molar-refractivity contribution in [3.8, 4) is 0 Å². The molecule has 0 saturated heterocycles. The monoisotopic (exact) mass is 199 g/mol. The summed E-state index contributed by atoms with van der Waals surface area (Å²) in [6.45, 7) is 4.55. The Bertz CT molecular complexity index is 152. The molecule has 0 aromatic heterocycles. The second-order valence-corrected chi connectivity index (χ2v) is 4.43. The molecule has 0 heterocycles. The fraction of sp³-hybridized carbons (Fsp3) is 1.00. The van der Waals surface area contributed by atoms with E-state index in [1.807, 2.05) is 7.11 Å². The minimum Gasteiger partial charge on any atom is -0.380 e. The molecule has 1 aliphatic rings. The number of methoxy groups -OCH3 is 1. The van der Waals surface area contributed by atoms with Gasteiger partial charge in [0.2, 0.25) is 0 Å². The van der Waals surface area contributed by atoms with Crippen molar-refractivity contribution in [1.82, 2.24) is 5.32 Å². The number of hydrogen-bond donors (Lipinski definition) is 1. The largest absolute Gasteiger partial charge is 0.380 e. The van der Waals surface area contributed by atoms with Crippen molar-refractivity contribution in [3.05, 3.63) is 0 Å². The molecule has 2 atom stereocenters. The Balaban J connectivity index is 2.56. The normalized spacial score (nSPS) is 21.2. The van der Waals surface area contributed by atoms with Gasteiger partial charge in [-0.2, -0.15) is 0 Å². The fourth-order valence-electron chi connectivity index (χ4n) is 2.52. The number of nitrogens with one attached hydrogen (secondary N) is 1. The molecule has 0 aromatic carbocycles. The topological polar surface area (TPSA) is 21.3 Å². The molecule has 1 fully saturated rings. The van der Waals surface area contributed by atoms with Gasteiger partial charge in [0.1, 0.15) is 0 Å². The summed E-state index contributed by atoms with van der Waals surface area (Å²) in [7, 11) is 3.92. The first-order valence-corrected chi connectivity index (χ1v) is 5.98. The van der Waals surface area contributed by atoms with Crippen LogP contribution in [0, 0.1) is 11.8 Å². The maximum atomic E-state index is 5.65. The van der Waals surface area contributed by atoms with Gasteiger partial charge in [0.15, 0.2) is 0 Å². The maximum Gasteiger partial charge on any atom is 0.0754 e. The van der Waals surface area contributed by atoms with Gasteiger partial charge in [0, 0.05) is 13.2 Å². The second kappa shape index (κ2) is 5.72. The predicted molar refractivity (Wildman–Crippen MR) is 60.4 cm³/mol. The first-order valence-electron chi connectivity index (χ1n) is 5.98. The van der Waals surface area contributed by atoms with Crippen molar-refractivity contribution >= 4 is 0 Å². The van der Waals surface area contributed by atoms with Crippen molar-refractivity contribution in [1.29, 1.82) is 0 Å². The van der Waals surface area contributed by atoms with Crippen LogP contribution in [-0.2, 0) is 4.74 Å². The molecule has 1 N–H and O–H groups in total. The van der Waals surface area contributed by atoms with Gasteiger partial charge >= 0.3 is 0 Å². The summed E-state index contributed by atoms with van der Waals surface area (Å²) in [5, 5.41) is 3.45. The van der Waals surface area contributed by atoms with E-state index < -0.39 is 0 Å². The van der Waals surface area contributed by atoms with E-state index in [1.165, 1.54) is 25.7 Å². The molecular formula is C12H25NO. The van der Waals surface area contributed by atoms with Gasteiger partial charge in [0.25, 0.3) is 0 Å². The van der Waals surface area contributed by atoms with Gasteiger partial charge in [-0.15, -0.1) is 0 Å². The van der Waals surface area contributed by atoms with E-state index in [-0.39, 0.29) is 0 Å². The van der Waals surface area contributed by atoms with Gasteiger partial charge in [-0.1, -0.05) is 26.7 Å². The zero-order valence-electron chi connectivity index (χ0n) is 10.0. The highest BCUT2D eigenvalue weighted by Gasteiger charge is 2.38. The van der Waals surface area contributed by atoms with Gasteiger partial charge in [-0.25, -0.2) is 0 Å². The molecule has 14 heavy (non-hydrogen) atoms. The fourth-order valence-corrected chi connectivity index (χ4v) is 2.52. The van der Waals surface area contributed by atoms with Crippen LogP contribution in [0.15, 0.2) is 0 Å². The van der Waals surface area contributed by atoms with Crippen LogP contribution in [0.5, 0.6) is 0 Å². The molecule has 0 amide bonds. The summed E-state index contributed by atoms with van der Waals surface area (Å²) < 4.78 is 5.65. The SMILES string of the molecule is CCC(CC)C(NC)C(OC)C1CC1. The van der Waals surface area contributed by atoms with Gasteiger partial charge in [-0.3, -0.25) is 0 Å². The molecule has 0 aromatic rings. The Hall–Kier alpha value is -0.0800. The molecule has 0 aliphatic heterocycles. The van der Waals surface area contributed by atoms with Crippen LogP contribution in [0.3, 0.4) is 0 Å². The Morgan fingerprint density at radius 1 is 1.29 bits per heavy atom. The van der Waals surface area contributed by atoms with Gasteiger partial charge in [0.05, 0.1) is 6.10 Å². The minimum absolute atomic E-state index is 0.435. The Morgan fingerprint density at radius 3 is 2.14 bits per heavy atom. The molecule has 0 spiro atoms. The summed E-state index contributed by atoms with van der Waals surface area (Å²) in [6.07, 6.45) is 5.64. The van der Waals surface area contributed by atoms with E-state index in [2.05, 4.69) is 26.2 Å². The lowest BCUT2D eigenvalue weighted by Gasteiger charge is -2.32. The standard InChI is InChI=1S/C12H25NO/c1-5-9(6-2)11(13-3)12(14-4)10-7-8-10/h9-13H,5-8H2,1-4H3. The molecule has 1 aliphatic carbocycles. The molecule has 1 saturated carbocycles. The Labute approximate surface area is 88.4 Å². The third kappa shape index (κ3) is 2.71. The summed E-state index contributed by atoms with van der Waals surface area (Å²) >= 11 is 0. The predicted octanol–water partition coefficient (Wildman–Crippen LogP) is 2.44. The Morgan fingerprint density at radius 2 is 1.86 bits per heavy atom. The van der Waals surface area contributed by atoms with E-state index in [4.69, 9.17) is 4.74 Å². The molecular weight excluding hydrogens is 174 g/mol. The van der Waals surface area contributed by atoms with E-state index in [1.54, 1.807) is 0 Å². The van der Waals surface area contributed by atoms with Crippen molar-refractivity contribution < 1.29 is 4.74 Å². The molecule has 1 rings (SSSR count). The van der Waals surface area contributed by atoms with Crippen molar-refractivity contribution in [2.24, 2.45) is 11.8 Å². The highest BCUT2D eigenvalue weighted by molar-refractivity contribution is 4.92. The van der Waals surface area contributed by atoms with Gasteiger partial charge < -0.3 is 10.1 Å². The summed E-state index contributed by atoms with van der Waals surface area (Å²) in [4.78, 5) is 0. The molecule has 2 nitrogen and oxygen atoms in total. The molecule has 2 heteroatoms. The van der Waals surface area contributed by atoms with Crippen molar-refractivity contribution in [3.63, 3.8) is 0 Å². The first-order chi connectivity index (χ1) is 6.78. The van der Waals surface area contributed by atoms with Gasteiger partial charge in [-0.05, 0) is 31.7 Å².